The van der Waals surface area contributed by atoms with Gasteiger partial charge in [0.15, 0.2) is 11.6 Å². The molecule has 1 atom stereocenters. The number of ketones is 2. The molecule has 3 rings (SSSR count). The van der Waals surface area contributed by atoms with Crippen LogP contribution in [0.15, 0.2) is 56.1 Å². The molecule has 0 bridgehead atoms. The number of allylic oxidation sites excluding steroid dienone is 4. The van der Waals surface area contributed by atoms with Gasteiger partial charge in [0.25, 0.3) is 11.5 Å². The van der Waals surface area contributed by atoms with Crippen LogP contribution < -0.4 is 22.3 Å². The number of Topliss-reactive ketones (excluding diaryl/α,β-unsaturated/α-hetero) is 2. The fourth-order valence-corrected chi connectivity index (χ4v) is 4.08. The Bertz CT molecular complexity index is 1490. The number of carbonyl (C=O) groups excluding carboxylic acids is 3. The quantitative estimate of drug-likeness (QED) is 0.498. The molecule has 1 aromatic carbocycles. The summed E-state index contributed by atoms with van der Waals surface area (Å²) in [7, 11) is 1.22. The van der Waals surface area contributed by atoms with Gasteiger partial charge in [-0.2, -0.15) is 0 Å². The van der Waals surface area contributed by atoms with Crippen LogP contribution in [-0.4, -0.2) is 37.3 Å². The highest BCUT2D eigenvalue weighted by Crippen LogP contribution is 2.29. The molecule has 0 saturated heterocycles. The standard InChI is InChI=1S/C25H27ClN4O6/c1-12-13(2)20(32)17(14(3)19(12)31)9-10-25(4,36)23(34)28-18-21(27)30(24(35)29(5)22(18)33)16-8-6-7-15(26)11-16/h6-8,11,36H,9-10,27H2,1-5H3,(H,28,34). The molecule has 4 N–H and O–H groups in total. The third-order valence-electron chi connectivity index (χ3n) is 6.46. The highest BCUT2D eigenvalue weighted by molar-refractivity contribution is 6.30. The van der Waals surface area contributed by atoms with Gasteiger partial charge in [0.2, 0.25) is 0 Å². The number of anilines is 2. The maximum atomic E-state index is 13.0. The minimum Gasteiger partial charge on any atom is -0.383 e. The van der Waals surface area contributed by atoms with E-state index in [4.69, 9.17) is 17.3 Å². The molecule has 0 saturated carbocycles. The molecule has 0 radical (unpaired) electrons. The number of hydrogen-bond donors (Lipinski definition) is 3. The van der Waals surface area contributed by atoms with Gasteiger partial charge in [0.1, 0.15) is 17.1 Å². The van der Waals surface area contributed by atoms with Gasteiger partial charge in [0.05, 0.1) is 5.69 Å². The van der Waals surface area contributed by atoms with E-state index in [0.717, 1.165) is 9.13 Å². The van der Waals surface area contributed by atoms with Crippen LogP contribution in [0.25, 0.3) is 5.69 Å². The minimum atomic E-state index is -2.05. The molecule has 36 heavy (non-hydrogen) atoms. The average Bonchev–Trinajstić information content (AvgIpc) is 2.82. The summed E-state index contributed by atoms with van der Waals surface area (Å²) >= 11 is 6.02. The van der Waals surface area contributed by atoms with E-state index in [2.05, 4.69) is 5.32 Å². The molecular weight excluding hydrogens is 488 g/mol. The first-order valence-corrected chi connectivity index (χ1v) is 11.4. The largest absolute Gasteiger partial charge is 0.383 e. The summed E-state index contributed by atoms with van der Waals surface area (Å²) in [5, 5.41) is 13.5. The van der Waals surface area contributed by atoms with Crippen molar-refractivity contribution in [3.05, 3.63) is 72.4 Å². The lowest BCUT2D eigenvalue weighted by molar-refractivity contribution is -0.133. The smallest absolute Gasteiger partial charge is 0.337 e. The summed E-state index contributed by atoms with van der Waals surface area (Å²) in [5.41, 5.74) is 3.48. The van der Waals surface area contributed by atoms with Crippen molar-refractivity contribution in [1.82, 2.24) is 9.13 Å². The highest BCUT2D eigenvalue weighted by atomic mass is 35.5. The summed E-state index contributed by atoms with van der Waals surface area (Å²) in [5.74, 6) is -1.89. The maximum absolute atomic E-state index is 13.0. The molecule has 190 valence electrons. The molecule has 11 heteroatoms. The van der Waals surface area contributed by atoms with Crippen molar-refractivity contribution in [2.75, 3.05) is 11.1 Å². The number of nitrogens with zero attached hydrogens (tertiary/aromatic N) is 2. The lowest BCUT2D eigenvalue weighted by Gasteiger charge is -2.25. The number of nitrogens with two attached hydrogens (primary N) is 1. The first-order chi connectivity index (χ1) is 16.7. The van der Waals surface area contributed by atoms with Gasteiger partial charge in [-0.05, 0) is 58.7 Å². The number of hydrogen-bond acceptors (Lipinski definition) is 7. The zero-order chi connectivity index (χ0) is 27.1. The Labute approximate surface area is 211 Å². The molecule has 0 fully saturated rings. The Balaban J connectivity index is 1.92. The lowest BCUT2D eigenvalue weighted by Crippen LogP contribution is -2.45. The zero-order valence-electron chi connectivity index (χ0n) is 20.6. The highest BCUT2D eigenvalue weighted by Gasteiger charge is 2.35. The third kappa shape index (κ3) is 4.69. The van der Waals surface area contributed by atoms with Crippen molar-refractivity contribution >= 4 is 40.6 Å². The van der Waals surface area contributed by atoms with Crippen molar-refractivity contribution in [3.63, 3.8) is 0 Å². The number of nitrogen functional groups attached to an aromatic ring is 1. The van der Waals surface area contributed by atoms with Crippen LogP contribution in [0.4, 0.5) is 11.5 Å². The Morgan fingerprint density at radius 3 is 2.31 bits per heavy atom. The van der Waals surface area contributed by atoms with E-state index in [0.29, 0.717) is 16.2 Å². The topological polar surface area (TPSA) is 153 Å². The molecule has 1 aliphatic carbocycles. The van der Waals surface area contributed by atoms with Crippen molar-refractivity contribution in [1.29, 1.82) is 0 Å². The van der Waals surface area contributed by atoms with Crippen LogP contribution in [0, 0.1) is 0 Å². The first kappa shape index (κ1) is 26.8. The number of rotatable bonds is 6. The SMILES string of the molecule is CC1=C(C)C(=O)C(CCC(C)(O)C(=O)Nc2c(N)n(-c3cccc(Cl)c3)c(=O)n(C)c2=O)=C(C)C1=O. The van der Waals surface area contributed by atoms with Gasteiger partial charge < -0.3 is 16.2 Å². The summed E-state index contributed by atoms with van der Waals surface area (Å²) in [4.78, 5) is 63.6. The van der Waals surface area contributed by atoms with E-state index < -0.39 is 28.4 Å². The van der Waals surface area contributed by atoms with Gasteiger partial charge in [0, 0.05) is 34.4 Å². The van der Waals surface area contributed by atoms with Crippen molar-refractivity contribution < 1.29 is 19.5 Å². The van der Waals surface area contributed by atoms with Gasteiger partial charge >= 0.3 is 5.69 Å². The Kier molecular flexibility index (Phi) is 7.24. The minimum absolute atomic E-state index is 0.0447. The first-order valence-electron chi connectivity index (χ1n) is 11.1. The number of benzene rings is 1. The molecule has 0 aliphatic heterocycles. The van der Waals surface area contributed by atoms with E-state index >= 15 is 0 Å². The molecule has 1 aliphatic rings. The van der Waals surface area contributed by atoms with Crippen molar-refractivity contribution in [2.24, 2.45) is 7.05 Å². The molecule has 10 nitrogen and oxygen atoms in total. The third-order valence-corrected chi connectivity index (χ3v) is 6.70. The molecule has 2 aromatic rings. The van der Waals surface area contributed by atoms with Gasteiger partial charge in [-0.25, -0.2) is 9.36 Å². The van der Waals surface area contributed by atoms with Crippen LogP contribution in [0.2, 0.25) is 5.02 Å². The number of amides is 1. The molecule has 1 heterocycles. The Morgan fingerprint density at radius 1 is 1.08 bits per heavy atom. The Hall–Kier alpha value is -3.76. The van der Waals surface area contributed by atoms with Gasteiger partial charge in [-0.1, -0.05) is 17.7 Å². The van der Waals surface area contributed by atoms with Crippen molar-refractivity contribution in [3.8, 4) is 5.69 Å². The van der Waals surface area contributed by atoms with E-state index in [-0.39, 0.29) is 47.1 Å². The van der Waals surface area contributed by atoms with Crippen LogP contribution >= 0.6 is 11.6 Å². The van der Waals surface area contributed by atoms with Crippen LogP contribution in [0.5, 0.6) is 0 Å². The van der Waals surface area contributed by atoms with Crippen molar-refractivity contribution in [2.45, 2.75) is 46.1 Å². The summed E-state index contributed by atoms with van der Waals surface area (Å²) in [6.45, 7) is 5.88. The molecule has 1 unspecified atom stereocenters. The predicted molar refractivity (Wildman–Crippen MR) is 136 cm³/mol. The second-order valence-corrected chi connectivity index (χ2v) is 9.40. The zero-order valence-corrected chi connectivity index (χ0v) is 21.3. The number of nitrogens with one attached hydrogen (secondary N) is 1. The fourth-order valence-electron chi connectivity index (χ4n) is 3.90. The molecular formula is C25H27ClN4O6. The second kappa shape index (κ2) is 9.71. The monoisotopic (exact) mass is 514 g/mol. The van der Waals surface area contributed by atoms with E-state index in [1.54, 1.807) is 32.0 Å². The molecule has 1 amide bonds. The van der Waals surface area contributed by atoms with E-state index in [1.807, 2.05) is 0 Å². The summed E-state index contributed by atoms with van der Waals surface area (Å²) in [6.07, 6.45) is -0.262. The van der Waals surface area contributed by atoms with Crippen LogP contribution in [0.3, 0.4) is 0 Å². The second-order valence-electron chi connectivity index (χ2n) is 8.96. The maximum Gasteiger partial charge on any atom is 0.337 e. The predicted octanol–water partition coefficient (Wildman–Crippen LogP) is 2.05. The van der Waals surface area contributed by atoms with Crippen LogP contribution in [0.1, 0.15) is 40.5 Å². The average molecular weight is 515 g/mol. The lowest BCUT2D eigenvalue weighted by atomic mass is 9.82. The summed E-state index contributed by atoms with van der Waals surface area (Å²) in [6, 6.07) is 6.19. The number of aliphatic hydroxyl groups is 1. The van der Waals surface area contributed by atoms with E-state index in [1.165, 1.54) is 27.0 Å². The van der Waals surface area contributed by atoms with Gasteiger partial charge in [-0.15, -0.1) is 0 Å². The van der Waals surface area contributed by atoms with E-state index in [9.17, 15) is 29.1 Å². The molecule has 0 spiro atoms. The number of carbonyl (C=O) groups is 3. The number of aromatic nitrogens is 2. The molecule has 1 aromatic heterocycles. The normalized spacial score (nSPS) is 15.9. The fraction of sp³-hybridized carbons (Fsp3) is 0.320. The Morgan fingerprint density at radius 2 is 1.69 bits per heavy atom. The van der Waals surface area contributed by atoms with Crippen LogP contribution in [-0.2, 0) is 21.4 Å². The number of halogens is 1. The van der Waals surface area contributed by atoms with Gasteiger partial charge in [-0.3, -0.25) is 23.7 Å². The summed E-state index contributed by atoms with van der Waals surface area (Å²) < 4.78 is 1.77.